The quantitative estimate of drug-likeness (QED) is 0.919. The van der Waals surface area contributed by atoms with Crippen LogP contribution in [-0.4, -0.2) is 67.6 Å². The number of aromatic nitrogens is 1. The maximum Gasteiger partial charge on any atom is 0.0944 e. The second-order valence-electron chi connectivity index (χ2n) is 7.29. The average molecular weight is 311 g/mol. The summed E-state index contributed by atoms with van der Waals surface area (Å²) < 4.78 is 0. The fourth-order valence-electron chi connectivity index (χ4n) is 2.85. The molecule has 0 bridgehead atoms. The minimum Gasteiger partial charge on any atom is -0.315 e. The second kappa shape index (κ2) is 6.73. The van der Waals surface area contributed by atoms with Crippen LogP contribution >= 0.6 is 11.3 Å². The molecule has 1 fully saturated rings. The number of piperazine rings is 1. The molecular formula is C16H30N4S. The molecule has 0 spiro atoms. The minimum absolute atomic E-state index is 0.145. The van der Waals surface area contributed by atoms with E-state index in [9.17, 15) is 0 Å². The van der Waals surface area contributed by atoms with Crippen molar-refractivity contribution in [2.75, 3.05) is 40.8 Å². The van der Waals surface area contributed by atoms with Crippen LogP contribution in [0.15, 0.2) is 5.38 Å². The Morgan fingerprint density at radius 1 is 1.38 bits per heavy atom. The van der Waals surface area contributed by atoms with Crippen molar-refractivity contribution in [3.63, 3.8) is 0 Å². The standard InChI is InChI=1S/C16H30N4S/c1-16(2,3)14-11-21-15(18-14)9-12(17-4)13-10-19(5)7-8-20(13)6/h11-13,17H,7-10H2,1-6H3. The summed E-state index contributed by atoms with van der Waals surface area (Å²) in [6, 6.07) is 1.01. The van der Waals surface area contributed by atoms with Crippen molar-refractivity contribution in [1.82, 2.24) is 20.1 Å². The Balaban J connectivity index is 2.06. The minimum atomic E-state index is 0.145. The fraction of sp³-hybridized carbons (Fsp3) is 0.812. The molecule has 1 aromatic rings. The summed E-state index contributed by atoms with van der Waals surface area (Å²) in [4.78, 5) is 9.77. The highest BCUT2D eigenvalue weighted by Gasteiger charge is 2.30. The predicted octanol–water partition coefficient (Wildman–Crippen LogP) is 1.82. The molecule has 21 heavy (non-hydrogen) atoms. The zero-order valence-corrected chi connectivity index (χ0v) is 15.1. The number of likely N-dealkylation sites (N-methyl/N-ethyl adjacent to an activating group) is 3. The molecule has 1 saturated heterocycles. The van der Waals surface area contributed by atoms with Crippen LogP contribution in [0.25, 0.3) is 0 Å². The third-order valence-electron chi connectivity index (χ3n) is 4.45. The highest BCUT2D eigenvalue weighted by atomic mass is 32.1. The molecule has 1 aliphatic heterocycles. The van der Waals surface area contributed by atoms with Gasteiger partial charge in [0.25, 0.3) is 0 Å². The molecule has 5 heteroatoms. The van der Waals surface area contributed by atoms with Gasteiger partial charge in [-0.3, -0.25) is 4.90 Å². The van der Waals surface area contributed by atoms with Crippen molar-refractivity contribution < 1.29 is 0 Å². The molecule has 2 rings (SSSR count). The first-order valence-electron chi connectivity index (χ1n) is 7.82. The Morgan fingerprint density at radius 2 is 2.10 bits per heavy atom. The zero-order chi connectivity index (χ0) is 15.6. The maximum atomic E-state index is 4.85. The largest absolute Gasteiger partial charge is 0.315 e. The Labute approximate surface area is 133 Å². The van der Waals surface area contributed by atoms with Gasteiger partial charge >= 0.3 is 0 Å². The van der Waals surface area contributed by atoms with E-state index < -0.39 is 0 Å². The summed E-state index contributed by atoms with van der Waals surface area (Å²) >= 11 is 1.80. The molecule has 2 heterocycles. The number of hydrogen-bond donors (Lipinski definition) is 1. The van der Waals surface area contributed by atoms with Crippen LogP contribution < -0.4 is 5.32 Å². The first kappa shape index (κ1) is 16.9. The summed E-state index contributed by atoms with van der Waals surface area (Å²) in [7, 11) is 6.53. The molecule has 1 aliphatic rings. The number of nitrogens with zero attached hydrogens (tertiary/aromatic N) is 3. The number of nitrogens with one attached hydrogen (secondary N) is 1. The van der Waals surface area contributed by atoms with E-state index in [1.54, 1.807) is 11.3 Å². The molecule has 1 N–H and O–H groups in total. The Bertz CT molecular complexity index is 451. The Kier molecular flexibility index (Phi) is 5.41. The number of hydrogen-bond acceptors (Lipinski definition) is 5. The average Bonchev–Trinajstić information content (AvgIpc) is 2.87. The molecule has 0 saturated carbocycles. The molecule has 0 amide bonds. The highest BCUT2D eigenvalue weighted by Crippen LogP contribution is 2.25. The van der Waals surface area contributed by atoms with E-state index in [2.05, 4.69) is 62.4 Å². The molecule has 0 aliphatic carbocycles. The van der Waals surface area contributed by atoms with Crippen LogP contribution in [0.2, 0.25) is 0 Å². The van der Waals surface area contributed by atoms with Crippen molar-refractivity contribution in [3.05, 3.63) is 16.1 Å². The molecule has 4 nitrogen and oxygen atoms in total. The van der Waals surface area contributed by atoms with Crippen molar-refractivity contribution in [2.45, 2.75) is 44.7 Å². The lowest BCUT2D eigenvalue weighted by molar-refractivity contribution is 0.0897. The molecule has 0 aromatic carbocycles. The smallest absolute Gasteiger partial charge is 0.0944 e. The molecule has 2 unspecified atom stereocenters. The van der Waals surface area contributed by atoms with Gasteiger partial charge in [0.15, 0.2) is 0 Å². The lowest BCUT2D eigenvalue weighted by Gasteiger charge is -2.41. The summed E-state index contributed by atoms with van der Waals surface area (Å²) in [5.41, 5.74) is 1.36. The summed E-state index contributed by atoms with van der Waals surface area (Å²) in [6.45, 7) is 10.1. The van der Waals surface area contributed by atoms with Gasteiger partial charge in [0.05, 0.1) is 10.7 Å². The van der Waals surface area contributed by atoms with E-state index in [0.29, 0.717) is 12.1 Å². The van der Waals surface area contributed by atoms with Crippen LogP contribution in [0.3, 0.4) is 0 Å². The topological polar surface area (TPSA) is 31.4 Å². The van der Waals surface area contributed by atoms with Crippen LogP contribution in [0.1, 0.15) is 31.5 Å². The van der Waals surface area contributed by atoms with Crippen LogP contribution in [0, 0.1) is 0 Å². The van der Waals surface area contributed by atoms with Gasteiger partial charge in [-0.2, -0.15) is 0 Å². The third-order valence-corrected chi connectivity index (χ3v) is 5.32. The Morgan fingerprint density at radius 3 is 2.67 bits per heavy atom. The summed E-state index contributed by atoms with van der Waals surface area (Å²) in [5, 5.41) is 6.99. The van der Waals surface area contributed by atoms with Crippen molar-refractivity contribution in [3.8, 4) is 0 Å². The number of thiazole rings is 1. The molecular weight excluding hydrogens is 280 g/mol. The number of rotatable bonds is 4. The van der Waals surface area contributed by atoms with E-state index in [4.69, 9.17) is 4.98 Å². The third kappa shape index (κ3) is 4.25. The summed E-state index contributed by atoms with van der Waals surface area (Å²) in [5.74, 6) is 0. The van der Waals surface area contributed by atoms with E-state index in [-0.39, 0.29) is 5.41 Å². The van der Waals surface area contributed by atoms with E-state index >= 15 is 0 Å². The molecule has 0 radical (unpaired) electrons. The second-order valence-corrected chi connectivity index (χ2v) is 8.23. The highest BCUT2D eigenvalue weighted by molar-refractivity contribution is 7.09. The van der Waals surface area contributed by atoms with Gasteiger partial charge < -0.3 is 10.2 Å². The Hall–Kier alpha value is -0.490. The van der Waals surface area contributed by atoms with Gasteiger partial charge in [-0.15, -0.1) is 11.3 Å². The monoisotopic (exact) mass is 310 g/mol. The van der Waals surface area contributed by atoms with E-state index in [1.807, 2.05) is 0 Å². The normalized spacial score (nSPS) is 23.4. The van der Waals surface area contributed by atoms with Gasteiger partial charge in [-0.05, 0) is 21.1 Å². The van der Waals surface area contributed by atoms with Gasteiger partial charge in [-0.1, -0.05) is 20.8 Å². The molecule has 120 valence electrons. The van der Waals surface area contributed by atoms with Crippen LogP contribution in [-0.2, 0) is 11.8 Å². The van der Waals surface area contributed by atoms with Crippen molar-refractivity contribution in [1.29, 1.82) is 0 Å². The van der Waals surface area contributed by atoms with Gasteiger partial charge in [0.1, 0.15) is 0 Å². The van der Waals surface area contributed by atoms with Gasteiger partial charge in [-0.25, -0.2) is 4.98 Å². The lowest BCUT2D eigenvalue weighted by atomic mass is 9.93. The van der Waals surface area contributed by atoms with Gasteiger partial charge in [0.2, 0.25) is 0 Å². The van der Waals surface area contributed by atoms with Crippen LogP contribution in [0.5, 0.6) is 0 Å². The fourth-order valence-corrected chi connectivity index (χ4v) is 3.93. The van der Waals surface area contributed by atoms with Gasteiger partial charge in [0, 0.05) is 48.9 Å². The zero-order valence-electron chi connectivity index (χ0n) is 14.3. The van der Waals surface area contributed by atoms with Crippen LogP contribution in [0.4, 0.5) is 0 Å². The maximum absolute atomic E-state index is 4.85. The molecule has 2 atom stereocenters. The van der Waals surface area contributed by atoms with Crippen molar-refractivity contribution >= 4 is 11.3 Å². The lowest BCUT2D eigenvalue weighted by Crippen LogP contribution is -2.58. The molecule has 1 aromatic heterocycles. The predicted molar refractivity (Wildman–Crippen MR) is 91.3 cm³/mol. The van der Waals surface area contributed by atoms with Crippen molar-refractivity contribution in [2.24, 2.45) is 0 Å². The van der Waals surface area contributed by atoms with E-state index in [1.165, 1.54) is 10.7 Å². The summed E-state index contributed by atoms with van der Waals surface area (Å²) in [6.07, 6.45) is 1.01. The first-order valence-corrected chi connectivity index (χ1v) is 8.70. The first-order chi connectivity index (χ1) is 9.81. The SMILES string of the molecule is CNC(Cc1nc(C(C)(C)C)cs1)C1CN(C)CCN1C. The van der Waals surface area contributed by atoms with E-state index in [0.717, 1.165) is 26.1 Å².